The summed E-state index contributed by atoms with van der Waals surface area (Å²) < 4.78 is 0. The zero-order valence-corrected chi connectivity index (χ0v) is 13.2. The number of hydrogen-bond acceptors (Lipinski definition) is 4. The molecule has 1 amide bonds. The van der Waals surface area contributed by atoms with E-state index in [1.54, 1.807) is 17.4 Å². The normalized spacial score (nSPS) is 19.9. The zero-order valence-electron chi connectivity index (χ0n) is 12.4. The fraction of sp³-hybridized carbons (Fsp3) is 0.353. The van der Waals surface area contributed by atoms with Crippen LogP contribution in [-0.2, 0) is 12.8 Å². The summed E-state index contributed by atoms with van der Waals surface area (Å²) in [5.74, 6) is 0.181. The Morgan fingerprint density at radius 1 is 1.23 bits per heavy atom. The van der Waals surface area contributed by atoms with Gasteiger partial charge >= 0.3 is 0 Å². The molecule has 4 nitrogen and oxygen atoms in total. The van der Waals surface area contributed by atoms with E-state index in [-0.39, 0.29) is 17.8 Å². The number of carbonyl (C=O) groups excluding carboxylic acids is 1. The molecule has 0 radical (unpaired) electrons. The Balaban J connectivity index is 1.73. The van der Waals surface area contributed by atoms with Gasteiger partial charge in [-0.15, -0.1) is 11.3 Å². The van der Waals surface area contributed by atoms with Gasteiger partial charge < -0.3 is 15.7 Å². The number of benzene rings is 1. The van der Waals surface area contributed by atoms with E-state index in [0.29, 0.717) is 5.56 Å². The number of rotatable bonds is 1. The number of thiophene rings is 1. The van der Waals surface area contributed by atoms with Crippen molar-refractivity contribution in [3.8, 4) is 5.75 Å². The highest BCUT2D eigenvalue weighted by Crippen LogP contribution is 2.42. The maximum atomic E-state index is 12.6. The Labute approximate surface area is 133 Å². The van der Waals surface area contributed by atoms with Crippen molar-refractivity contribution in [1.29, 1.82) is 0 Å². The molecule has 1 aromatic carbocycles. The largest absolute Gasteiger partial charge is 0.508 e. The Hall–Kier alpha value is -2.01. The first-order valence-corrected chi connectivity index (χ1v) is 8.46. The van der Waals surface area contributed by atoms with Gasteiger partial charge in [0.25, 0.3) is 5.91 Å². The molecule has 0 fully saturated rings. The molecular weight excluding hydrogens is 296 g/mol. The molecule has 5 heteroatoms. The Bertz CT molecular complexity index is 766. The van der Waals surface area contributed by atoms with Crippen LogP contribution in [-0.4, -0.2) is 11.0 Å². The van der Waals surface area contributed by atoms with Crippen LogP contribution in [0.2, 0.25) is 0 Å². The van der Waals surface area contributed by atoms with Crippen LogP contribution < -0.4 is 10.6 Å². The van der Waals surface area contributed by atoms with Crippen molar-refractivity contribution >= 4 is 22.2 Å². The lowest BCUT2D eigenvalue weighted by Crippen LogP contribution is -2.38. The summed E-state index contributed by atoms with van der Waals surface area (Å²) in [5.41, 5.74) is 3.75. The number of fused-ring (bicyclic) bond motifs is 3. The van der Waals surface area contributed by atoms with Crippen molar-refractivity contribution in [2.45, 2.75) is 38.8 Å². The van der Waals surface area contributed by atoms with E-state index in [1.807, 2.05) is 19.1 Å². The standard InChI is InChI=1S/C17H18N2O2S/c1-9-6-7-10(12(20)8-9)15-18-16(21)14-11-4-2-3-5-13(11)22-17(14)19-15/h6-8,15,19-20H,2-5H2,1H3,(H,18,21)/t15-/m1/s1. The Kier molecular flexibility index (Phi) is 3.11. The van der Waals surface area contributed by atoms with Gasteiger partial charge in [-0.2, -0.15) is 0 Å². The molecule has 1 aliphatic heterocycles. The third-order valence-corrected chi connectivity index (χ3v) is 5.67. The van der Waals surface area contributed by atoms with Crippen molar-refractivity contribution in [2.24, 2.45) is 0 Å². The number of nitrogens with one attached hydrogen (secondary N) is 2. The molecule has 1 aliphatic carbocycles. The molecule has 0 spiro atoms. The molecule has 0 saturated heterocycles. The third kappa shape index (κ3) is 2.08. The summed E-state index contributed by atoms with van der Waals surface area (Å²) in [4.78, 5) is 13.9. The number of aromatic hydroxyl groups is 1. The second-order valence-corrected chi connectivity index (χ2v) is 7.13. The van der Waals surface area contributed by atoms with E-state index in [4.69, 9.17) is 0 Å². The van der Waals surface area contributed by atoms with Crippen LogP contribution in [0.5, 0.6) is 5.75 Å². The SMILES string of the molecule is Cc1ccc([C@@H]2NC(=O)c3c(sc4c3CCCC4)N2)c(O)c1. The quantitative estimate of drug-likeness (QED) is 0.755. The van der Waals surface area contributed by atoms with Gasteiger partial charge in [0.05, 0.1) is 5.56 Å². The van der Waals surface area contributed by atoms with Gasteiger partial charge in [-0.3, -0.25) is 4.79 Å². The lowest BCUT2D eigenvalue weighted by Gasteiger charge is -2.27. The molecule has 1 aromatic heterocycles. The van der Waals surface area contributed by atoms with Crippen molar-refractivity contribution < 1.29 is 9.90 Å². The average molecular weight is 314 g/mol. The number of phenols is 1. The van der Waals surface area contributed by atoms with E-state index in [0.717, 1.165) is 35.4 Å². The molecule has 0 saturated carbocycles. The average Bonchev–Trinajstić information content (AvgIpc) is 2.85. The van der Waals surface area contributed by atoms with Gasteiger partial charge in [0.15, 0.2) is 0 Å². The monoisotopic (exact) mass is 314 g/mol. The van der Waals surface area contributed by atoms with Gasteiger partial charge in [0.2, 0.25) is 0 Å². The second kappa shape index (κ2) is 5.02. The van der Waals surface area contributed by atoms with Gasteiger partial charge in [0.1, 0.15) is 16.9 Å². The van der Waals surface area contributed by atoms with E-state index in [1.165, 1.54) is 16.9 Å². The smallest absolute Gasteiger partial charge is 0.256 e. The maximum absolute atomic E-state index is 12.6. The van der Waals surface area contributed by atoms with E-state index in [2.05, 4.69) is 10.6 Å². The molecule has 0 bridgehead atoms. The summed E-state index contributed by atoms with van der Waals surface area (Å²) >= 11 is 1.70. The minimum atomic E-state index is -0.374. The van der Waals surface area contributed by atoms with Crippen molar-refractivity contribution in [1.82, 2.24) is 5.32 Å². The fourth-order valence-electron chi connectivity index (χ4n) is 3.33. The van der Waals surface area contributed by atoms with Gasteiger partial charge in [-0.1, -0.05) is 12.1 Å². The van der Waals surface area contributed by atoms with Crippen LogP contribution in [0.3, 0.4) is 0 Å². The molecular formula is C17H18N2O2S. The first-order valence-electron chi connectivity index (χ1n) is 7.65. The fourth-order valence-corrected chi connectivity index (χ4v) is 4.65. The van der Waals surface area contributed by atoms with Crippen LogP contribution in [0, 0.1) is 6.92 Å². The number of carbonyl (C=O) groups is 1. The summed E-state index contributed by atoms with van der Waals surface area (Å²) in [5, 5.41) is 17.5. The summed E-state index contributed by atoms with van der Waals surface area (Å²) in [6.07, 6.45) is 4.06. The van der Waals surface area contributed by atoms with Crippen LogP contribution in [0.15, 0.2) is 18.2 Å². The van der Waals surface area contributed by atoms with Crippen LogP contribution >= 0.6 is 11.3 Å². The van der Waals surface area contributed by atoms with Crippen molar-refractivity contribution in [3.05, 3.63) is 45.3 Å². The molecule has 2 heterocycles. The molecule has 114 valence electrons. The summed E-state index contributed by atoms with van der Waals surface area (Å²) in [6, 6.07) is 5.52. The van der Waals surface area contributed by atoms with Crippen LogP contribution in [0.4, 0.5) is 5.00 Å². The van der Waals surface area contributed by atoms with E-state index >= 15 is 0 Å². The number of hydrogen-bond donors (Lipinski definition) is 3. The molecule has 1 atom stereocenters. The summed E-state index contributed by atoms with van der Waals surface area (Å²) in [6.45, 7) is 1.93. The summed E-state index contributed by atoms with van der Waals surface area (Å²) in [7, 11) is 0. The molecule has 2 aliphatic rings. The van der Waals surface area contributed by atoms with Crippen molar-refractivity contribution in [3.63, 3.8) is 0 Å². The maximum Gasteiger partial charge on any atom is 0.256 e. The second-order valence-electron chi connectivity index (χ2n) is 6.03. The minimum Gasteiger partial charge on any atom is -0.508 e. The predicted octanol–water partition coefficient (Wildman–Crippen LogP) is 3.50. The van der Waals surface area contributed by atoms with Gasteiger partial charge in [-0.25, -0.2) is 0 Å². The Morgan fingerprint density at radius 3 is 2.86 bits per heavy atom. The lowest BCUT2D eigenvalue weighted by molar-refractivity contribution is 0.0935. The molecule has 3 N–H and O–H groups in total. The first-order chi connectivity index (χ1) is 10.6. The molecule has 4 rings (SSSR count). The van der Waals surface area contributed by atoms with E-state index in [9.17, 15) is 9.90 Å². The highest BCUT2D eigenvalue weighted by molar-refractivity contribution is 7.16. The molecule has 0 unspecified atom stereocenters. The Morgan fingerprint density at radius 2 is 2.05 bits per heavy atom. The van der Waals surface area contributed by atoms with Crippen LogP contribution in [0.1, 0.15) is 50.9 Å². The predicted molar refractivity (Wildman–Crippen MR) is 87.6 cm³/mol. The number of anilines is 1. The van der Waals surface area contributed by atoms with Crippen LogP contribution in [0.25, 0.3) is 0 Å². The van der Waals surface area contributed by atoms with Crippen molar-refractivity contribution in [2.75, 3.05) is 5.32 Å². The van der Waals surface area contributed by atoms with Gasteiger partial charge in [-0.05, 0) is 49.8 Å². The lowest BCUT2D eigenvalue weighted by atomic mass is 9.94. The van der Waals surface area contributed by atoms with E-state index < -0.39 is 0 Å². The van der Waals surface area contributed by atoms with Gasteiger partial charge in [0, 0.05) is 10.4 Å². The molecule has 22 heavy (non-hydrogen) atoms. The first kappa shape index (κ1) is 13.6. The topological polar surface area (TPSA) is 61.4 Å². The number of amides is 1. The highest BCUT2D eigenvalue weighted by atomic mass is 32.1. The highest BCUT2D eigenvalue weighted by Gasteiger charge is 2.32. The number of phenolic OH excluding ortho intramolecular Hbond substituents is 1. The zero-order chi connectivity index (χ0) is 15.3. The minimum absolute atomic E-state index is 0.0295. The molecule has 2 aromatic rings. The third-order valence-electron chi connectivity index (χ3n) is 4.45. The number of aryl methyl sites for hydroxylation is 2.